The number of aryl methyl sites for hydroxylation is 1. The number of carboxylic acid groups (broad SMARTS) is 1. The average molecular weight is 457 g/mol. The molecule has 162 valence electrons. The first-order chi connectivity index (χ1) is 14.8. The molecule has 31 heavy (non-hydrogen) atoms. The van der Waals surface area contributed by atoms with Crippen LogP contribution in [-0.2, 0) is 24.2 Å². The van der Waals surface area contributed by atoms with E-state index in [0.29, 0.717) is 23.0 Å². The summed E-state index contributed by atoms with van der Waals surface area (Å²) >= 11 is 12.3. The summed E-state index contributed by atoms with van der Waals surface area (Å²) in [5, 5.41) is 11.2. The maximum absolute atomic E-state index is 12.3. The summed E-state index contributed by atoms with van der Waals surface area (Å²) in [6.45, 7) is 4.84. The van der Waals surface area contributed by atoms with Crippen LogP contribution in [-0.4, -0.2) is 20.6 Å². The highest BCUT2D eigenvalue weighted by Crippen LogP contribution is 2.42. The van der Waals surface area contributed by atoms with Crippen molar-refractivity contribution >= 4 is 29.2 Å². The summed E-state index contributed by atoms with van der Waals surface area (Å²) in [5.74, 6) is -0.102. The van der Waals surface area contributed by atoms with Gasteiger partial charge >= 0.3 is 5.97 Å². The number of halogens is 2. The molecule has 4 rings (SSSR count). The molecular formula is C25H26Cl2N2O2. The first-order valence-electron chi connectivity index (χ1n) is 10.6. The van der Waals surface area contributed by atoms with Gasteiger partial charge in [0.15, 0.2) is 0 Å². The third kappa shape index (κ3) is 4.51. The largest absolute Gasteiger partial charge is 0.481 e. The Balaban J connectivity index is 1.74. The van der Waals surface area contributed by atoms with Crippen molar-refractivity contribution in [2.24, 2.45) is 5.92 Å². The van der Waals surface area contributed by atoms with Crippen LogP contribution in [0.2, 0.25) is 10.0 Å². The molecule has 0 aliphatic heterocycles. The van der Waals surface area contributed by atoms with Crippen LogP contribution in [0.1, 0.15) is 60.4 Å². The Morgan fingerprint density at radius 2 is 1.87 bits per heavy atom. The third-order valence-corrected chi connectivity index (χ3v) is 6.84. The number of nitrogens with zero attached hydrogens (tertiary/aromatic N) is 2. The number of rotatable bonds is 7. The molecule has 2 atom stereocenters. The molecule has 0 fully saturated rings. The highest BCUT2D eigenvalue weighted by atomic mass is 35.5. The van der Waals surface area contributed by atoms with Crippen molar-refractivity contribution in [1.29, 1.82) is 0 Å². The molecule has 6 heteroatoms. The number of hydrogen-bond acceptors (Lipinski definition) is 2. The Morgan fingerprint density at radius 1 is 1.13 bits per heavy atom. The molecule has 2 aromatic carbocycles. The maximum atomic E-state index is 12.3. The molecule has 0 spiro atoms. The van der Waals surface area contributed by atoms with Gasteiger partial charge in [-0.1, -0.05) is 73.4 Å². The lowest BCUT2D eigenvalue weighted by atomic mass is 9.85. The van der Waals surface area contributed by atoms with E-state index in [0.717, 1.165) is 41.2 Å². The van der Waals surface area contributed by atoms with E-state index in [1.807, 2.05) is 42.5 Å². The van der Waals surface area contributed by atoms with Crippen molar-refractivity contribution in [1.82, 2.24) is 9.55 Å². The van der Waals surface area contributed by atoms with Crippen LogP contribution in [0.15, 0.2) is 48.5 Å². The number of imidazole rings is 1. The molecular weight excluding hydrogens is 431 g/mol. The lowest BCUT2D eigenvalue weighted by Gasteiger charge is -2.24. The predicted molar refractivity (Wildman–Crippen MR) is 124 cm³/mol. The van der Waals surface area contributed by atoms with Crippen LogP contribution in [0.4, 0.5) is 0 Å². The minimum atomic E-state index is -0.755. The zero-order valence-electron chi connectivity index (χ0n) is 17.7. The van der Waals surface area contributed by atoms with Crippen LogP contribution in [0.5, 0.6) is 0 Å². The lowest BCUT2D eigenvalue weighted by Crippen LogP contribution is -2.25. The number of carboxylic acids is 1. The molecule has 1 aliphatic rings. The molecule has 1 aliphatic carbocycles. The van der Waals surface area contributed by atoms with Crippen LogP contribution in [0, 0.1) is 5.92 Å². The fourth-order valence-electron chi connectivity index (χ4n) is 4.65. The average Bonchev–Trinajstić information content (AvgIpc) is 3.30. The monoisotopic (exact) mass is 456 g/mol. The Labute approximate surface area is 192 Å². The van der Waals surface area contributed by atoms with Gasteiger partial charge in [0.05, 0.1) is 21.7 Å². The van der Waals surface area contributed by atoms with Crippen molar-refractivity contribution in [2.75, 3.05) is 0 Å². The van der Waals surface area contributed by atoms with Crippen LogP contribution in [0.3, 0.4) is 0 Å². The quantitative estimate of drug-likeness (QED) is 0.451. The van der Waals surface area contributed by atoms with Gasteiger partial charge in [0, 0.05) is 24.1 Å². The van der Waals surface area contributed by atoms with E-state index in [1.54, 1.807) is 6.07 Å². The van der Waals surface area contributed by atoms with Gasteiger partial charge in [-0.25, -0.2) is 4.98 Å². The molecule has 1 heterocycles. The van der Waals surface area contributed by atoms with Crippen molar-refractivity contribution < 1.29 is 9.90 Å². The Morgan fingerprint density at radius 3 is 2.52 bits per heavy atom. The first kappa shape index (κ1) is 21.9. The first-order valence-corrected chi connectivity index (χ1v) is 11.4. The number of fused-ring (bicyclic) bond motifs is 1. The summed E-state index contributed by atoms with van der Waals surface area (Å²) in [6, 6.07) is 15.5. The standard InChI is InChI=1S/C25H26Cl2N2O2/c1-15(2)24-28-22-11-9-18(19(25(30)31)12-16-6-4-3-5-7-16)23(22)29(24)14-17-8-10-20(26)21(27)13-17/h3-8,10,13,15,18-19H,9,11-12,14H2,1-2H3,(H,30,31). The van der Waals surface area contributed by atoms with E-state index in [-0.39, 0.29) is 11.8 Å². The van der Waals surface area contributed by atoms with Crippen LogP contribution >= 0.6 is 23.2 Å². The van der Waals surface area contributed by atoms with Gasteiger partial charge in [0.25, 0.3) is 0 Å². The highest BCUT2D eigenvalue weighted by molar-refractivity contribution is 6.42. The number of carbonyl (C=O) groups is 1. The molecule has 0 radical (unpaired) electrons. The van der Waals surface area contributed by atoms with E-state index in [1.165, 1.54) is 0 Å². The second-order valence-corrected chi connectivity index (χ2v) is 9.39. The van der Waals surface area contributed by atoms with Crippen molar-refractivity contribution in [3.8, 4) is 0 Å². The van der Waals surface area contributed by atoms with Crippen LogP contribution in [0.25, 0.3) is 0 Å². The topological polar surface area (TPSA) is 55.1 Å². The van der Waals surface area contributed by atoms with Crippen molar-refractivity contribution in [3.05, 3.63) is 86.9 Å². The normalized spacial score (nSPS) is 16.5. The van der Waals surface area contributed by atoms with E-state index in [4.69, 9.17) is 28.2 Å². The fraction of sp³-hybridized carbons (Fsp3) is 0.360. The Kier molecular flexibility index (Phi) is 6.40. The predicted octanol–water partition coefficient (Wildman–Crippen LogP) is 6.33. The van der Waals surface area contributed by atoms with E-state index >= 15 is 0 Å². The smallest absolute Gasteiger partial charge is 0.307 e. The van der Waals surface area contributed by atoms with Gasteiger partial charge in [-0.05, 0) is 42.5 Å². The van der Waals surface area contributed by atoms with Crippen molar-refractivity contribution in [2.45, 2.75) is 51.5 Å². The molecule has 1 N–H and O–H groups in total. The number of benzene rings is 2. The summed E-state index contributed by atoms with van der Waals surface area (Å²) in [5.41, 5.74) is 4.17. The molecule has 1 aromatic heterocycles. The van der Waals surface area contributed by atoms with Gasteiger partial charge in [0.1, 0.15) is 5.82 Å². The summed E-state index contributed by atoms with van der Waals surface area (Å²) < 4.78 is 2.22. The van der Waals surface area contributed by atoms with E-state index in [9.17, 15) is 9.90 Å². The molecule has 4 nitrogen and oxygen atoms in total. The Bertz CT molecular complexity index is 1090. The van der Waals surface area contributed by atoms with Crippen molar-refractivity contribution in [3.63, 3.8) is 0 Å². The minimum Gasteiger partial charge on any atom is -0.481 e. The number of aromatic nitrogens is 2. The van der Waals surface area contributed by atoms with Gasteiger partial charge in [-0.15, -0.1) is 0 Å². The maximum Gasteiger partial charge on any atom is 0.307 e. The third-order valence-electron chi connectivity index (χ3n) is 6.10. The second-order valence-electron chi connectivity index (χ2n) is 8.57. The van der Waals surface area contributed by atoms with Gasteiger partial charge in [0.2, 0.25) is 0 Å². The highest BCUT2D eigenvalue weighted by Gasteiger charge is 2.39. The van der Waals surface area contributed by atoms with E-state index < -0.39 is 11.9 Å². The zero-order chi connectivity index (χ0) is 22.1. The molecule has 3 aromatic rings. The minimum absolute atomic E-state index is 0.0736. The molecule has 0 bridgehead atoms. The molecule has 0 saturated carbocycles. The van der Waals surface area contributed by atoms with Gasteiger partial charge < -0.3 is 9.67 Å². The summed E-state index contributed by atoms with van der Waals surface area (Å²) in [6.07, 6.45) is 2.13. The Hall–Kier alpha value is -2.30. The molecule has 2 unspecified atom stereocenters. The number of hydrogen-bond donors (Lipinski definition) is 1. The summed E-state index contributed by atoms with van der Waals surface area (Å²) in [4.78, 5) is 17.3. The van der Waals surface area contributed by atoms with Gasteiger partial charge in [-0.3, -0.25) is 4.79 Å². The second kappa shape index (κ2) is 9.05. The lowest BCUT2D eigenvalue weighted by molar-refractivity contribution is -0.142. The molecule has 0 amide bonds. The van der Waals surface area contributed by atoms with Gasteiger partial charge in [-0.2, -0.15) is 0 Å². The molecule has 0 saturated heterocycles. The van der Waals surface area contributed by atoms with E-state index in [2.05, 4.69) is 18.4 Å². The SMILES string of the molecule is CC(C)c1nc2c(n1Cc1ccc(Cl)c(Cl)c1)C(C(Cc1ccccc1)C(=O)O)CC2. The summed E-state index contributed by atoms with van der Waals surface area (Å²) in [7, 11) is 0. The zero-order valence-corrected chi connectivity index (χ0v) is 19.2. The number of aliphatic carboxylic acids is 1. The fourth-order valence-corrected chi connectivity index (χ4v) is 4.97. The van der Waals surface area contributed by atoms with Crippen LogP contribution < -0.4 is 0 Å².